The highest BCUT2D eigenvalue weighted by molar-refractivity contribution is 5.80. The van der Waals surface area contributed by atoms with Gasteiger partial charge in [0.2, 0.25) is 0 Å². The molecule has 0 radical (unpaired) electrons. The van der Waals surface area contributed by atoms with Crippen LogP contribution in [-0.4, -0.2) is 12.0 Å². The summed E-state index contributed by atoms with van der Waals surface area (Å²) >= 11 is 0. The number of carbonyl (C=O) groups is 1. The molecule has 1 aromatic carbocycles. The minimum Gasteiger partial charge on any atom is -0.481 e. The van der Waals surface area contributed by atoms with Crippen molar-refractivity contribution in [3.05, 3.63) is 29.8 Å². The lowest BCUT2D eigenvalue weighted by Crippen LogP contribution is -2.40. The third kappa shape index (κ3) is 3.75. The fraction of sp³-hybridized carbons (Fsp3) is 0.462. The Balaban J connectivity index is 2.83. The molecular weight excluding hydrogens is 216 g/mol. The van der Waals surface area contributed by atoms with Crippen molar-refractivity contribution < 1.29 is 9.53 Å². The van der Waals surface area contributed by atoms with Crippen LogP contribution in [0.4, 0.5) is 0 Å². The van der Waals surface area contributed by atoms with E-state index in [0.29, 0.717) is 5.75 Å². The molecule has 3 N–H and O–H groups in total. The molecule has 1 unspecified atom stereocenters. The number of hydrazine groups is 1. The number of nitrogens with one attached hydrogen (secondary N) is 1. The van der Waals surface area contributed by atoms with E-state index in [1.165, 1.54) is 0 Å². The first-order chi connectivity index (χ1) is 7.84. The van der Waals surface area contributed by atoms with Crippen molar-refractivity contribution in [3.63, 3.8) is 0 Å². The molecule has 0 aromatic heterocycles. The van der Waals surface area contributed by atoms with Gasteiger partial charge in [-0.2, -0.15) is 0 Å². The van der Waals surface area contributed by atoms with Gasteiger partial charge in [0.05, 0.1) is 0 Å². The summed E-state index contributed by atoms with van der Waals surface area (Å²) in [5.74, 6) is 5.38. The van der Waals surface area contributed by atoms with E-state index in [9.17, 15) is 4.79 Å². The smallest absolute Gasteiger partial charge is 0.274 e. The lowest BCUT2D eigenvalue weighted by Gasteiger charge is -2.20. The summed E-state index contributed by atoms with van der Waals surface area (Å²) in [5.41, 5.74) is 3.28. The van der Waals surface area contributed by atoms with Gasteiger partial charge in [0.1, 0.15) is 5.75 Å². The van der Waals surface area contributed by atoms with Crippen LogP contribution >= 0.6 is 0 Å². The van der Waals surface area contributed by atoms with Gasteiger partial charge in [-0.3, -0.25) is 10.2 Å². The molecule has 1 rings (SSSR count). The van der Waals surface area contributed by atoms with E-state index in [-0.39, 0.29) is 11.3 Å². The van der Waals surface area contributed by atoms with Crippen LogP contribution in [0.3, 0.4) is 0 Å². The summed E-state index contributed by atoms with van der Waals surface area (Å²) in [6.07, 6.45) is -0.602. The summed E-state index contributed by atoms with van der Waals surface area (Å²) in [7, 11) is 0. The molecule has 1 aromatic rings. The largest absolute Gasteiger partial charge is 0.481 e. The van der Waals surface area contributed by atoms with Crippen molar-refractivity contribution in [1.82, 2.24) is 5.43 Å². The minimum absolute atomic E-state index is 0.0543. The van der Waals surface area contributed by atoms with Crippen molar-refractivity contribution in [2.45, 2.75) is 39.2 Å². The summed E-state index contributed by atoms with van der Waals surface area (Å²) in [6.45, 7) is 8.04. The number of ether oxygens (including phenoxy) is 1. The molecule has 0 saturated carbocycles. The SMILES string of the molecule is CC(Oc1cccc(C(C)(C)C)c1)C(=O)NN. The lowest BCUT2D eigenvalue weighted by molar-refractivity contribution is -0.127. The third-order valence-corrected chi connectivity index (χ3v) is 2.52. The van der Waals surface area contributed by atoms with Gasteiger partial charge in [-0.25, -0.2) is 5.84 Å². The maximum Gasteiger partial charge on any atom is 0.274 e. The molecule has 1 amide bonds. The van der Waals surface area contributed by atoms with Gasteiger partial charge in [-0.05, 0) is 30.0 Å². The second-order valence-corrected chi connectivity index (χ2v) is 5.05. The van der Waals surface area contributed by atoms with E-state index >= 15 is 0 Å². The summed E-state index contributed by atoms with van der Waals surface area (Å²) in [6, 6.07) is 7.74. The second-order valence-electron chi connectivity index (χ2n) is 5.05. The fourth-order valence-electron chi connectivity index (χ4n) is 1.41. The van der Waals surface area contributed by atoms with Crippen molar-refractivity contribution in [1.29, 1.82) is 0 Å². The Labute approximate surface area is 102 Å². The highest BCUT2D eigenvalue weighted by Gasteiger charge is 2.16. The van der Waals surface area contributed by atoms with E-state index in [1.807, 2.05) is 24.3 Å². The highest BCUT2D eigenvalue weighted by atomic mass is 16.5. The minimum atomic E-state index is -0.602. The van der Waals surface area contributed by atoms with Crippen LogP contribution in [0.15, 0.2) is 24.3 Å². The van der Waals surface area contributed by atoms with Crippen LogP contribution < -0.4 is 16.0 Å². The monoisotopic (exact) mass is 236 g/mol. The van der Waals surface area contributed by atoms with Crippen molar-refractivity contribution in [2.24, 2.45) is 5.84 Å². The van der Waals surface area contributed by atoms with Crippen LogP contribution in [0.25, 0.3) is 0 Å². The van der Waals surface area contributed by atoms with Crippen LogP contribution in [0.1, 0.15) is 33.3 Å². The average molecular weight is 236 g/mol. The molecule has 94 valence electrons. The number of amides is 1. The molecule has 0 saturated heterocycles. The van der Waals surface area contributed by atoms with Gasteiger partial charge in [-0.1, -0.05) is 32.9 Å². The molecular formula is C13H20N2O2. The highest BCUT2D eigenvalue weighted by Crippen LogP contribution is 2.25. The zero-order chi connectivity index (χ0) is 13.1. The van der Waals surface area contributed by atoms with Crippen molar-refractivity contribution in [3.8, 4) is 5.75 Å². The molecule has 0 aliphatic carbocycles. The molecule has 17 heavy (non-hydrogen) atoms. The van der Waals surface area contributed by atoms with E-state index in [4.69, 9.17) is 10.6 Å². The number of nitrogens with two attached hydrogens (primary N) is 1. The van der Waals surface area contributed by atoms with Gasteiger partial charge >= 0.3 is 0 Å². The van der Waals surface area contributed by atoms with Crippen LogP contribution in [0.2, 0.25) is 0 Å². The van der Waals surface area contributed by atoms with Crippen molar-refractivity contribution in [2.75, 3.05) is 0 Å². The third-order valence-electron chi connectivity index (χ3n) is 2.52. The number of hydrogen-bond donors (Lipinski definition) is 2. The first-order valence-electron chi connectivity index (χ1n) is 5.62. The number of benzene rings is 1. The number of carbonyl (C=O) groups excluding carboxylic acids is 1. The van der Waals surface area contributed by atoms with Gasteiger partial charge in [0.15, 0.2) is 6.10 Å². The Morgan fingerprint density at radius 2 is 2.06 bits per heavy atom. The molecule has 0 fully saturated rings. The Hall–Kier alpha value is -1.55. The van der Waals surface area contributed by atoms with Crippen molar-refractivity contribution >= 4 is 5.91 Å². The Morgan fingerprint density at radius 1 is 1.41 bits per heavy atom. The Bertz CT molecular complexity index is 397. The topological polar surface area (TPSA) is 64.3 Å². The maximum atomic E-state index is 11.2. The summed E-state index contributed by atoms with van der Waals surface area (Å²) < 4.78 is 5.51. The van der Waals surface area contributed by atoms with Gasteiger partial charge in [0, 0.05) is 0 Å². The first kappa shape index (κ1) is 13.5. The molecule has 4 heteroatoms. The second kappa shape index (κ2) is 5.19. The van der Waals surface area contributed by atoms with Gasteiger partial charge in [0.25, 0.3) is 5.91 Å². The number of hydrogen-bond acceptors (Lipinski definition) is 3. The van der Waals surface area contributed by atoms with Crippen LogP contribution in [-0.2, 0) is 10.2 Å². The molecule has 0 spiro atoms. The van der Waals surface area contributed by atoms with Crippen LogP contribution in [0.5, 0.6) is 5.75 Å². The molecule has 0 heterocycles. The molecule has 0 aliphatic heterocycles. The Kier molecular flexibility index (Phi) is 4.12. The van der Waals surface area contributed by atoms with E-state index in [0.717, 1.165) is 5.56 Å². The van der Waals surface area contributed by atoms with Gasteiger partial charge < -0.3 is 4.74 Å². The predicted octanol–water partition coefficient (Wildman–Crippen LogP) is 1.74. The normalized spacial score (nSPS) is 13.0. The standard InChI is InChI=1S/C13H20N2O2/c1-9(12(16)15-14)17-11-7-5-6-10(8-11)13(2,3)4/h5-9H,14H2,1-4H3,(H,15,16). The molecule has 1 atom stereocenters. The fourth-order valence-corrected chi connectivity index (χ4v) is 1.41. The van der Waals surface area contributed by atoms with E-state index < -0.39 is 6.10 Å². The Morgan fingerprint density at radius 3 is 2.59 bits per heavy atom. The summed E-state index contributed by atoms with van der Waals surface area (Å²) in [4.78, 5) is 11.2. The quantitative estimate of drug-likeness (QED) is 0.477. The van der Waals surface area contributed by atoms with E-state index in [1.54, 1.807) is 6.92 Å². The maximum absolute atomic E-state index is 11.2. The van der Waals surface area contributed by atoms with E-state index in [2.05, 4.69) is 26.2 Å². The first-order valence-corrected chi connectivity index (χ1v) is 5.62. The zero-order valence-electron chi connectivity index (χ0n) is 10.8. The average Bonchev–Trinajstić information content (AvgIpc) is 2.27. The van der Waals surface area contributed by atoms with Gasteiger partial charge in [-0.15, -0.1) is 0 Å². The molecule has 0 aliphatic rings. The molecule has 0 bridgehead atoms. The lowest BCUT2D eigenvalue weighted by atomic mass is 9.87. The van der Waals surface area contributed by atoms with Crippen LogP contribution in [0, 0.1) is 0 Å². The summed E-state index contributed by atoms with van der Waals surface area (Å²) in [5, 5.41) is 0. The number of rotatable bonds is 3. The zero-order valence-corrected chi connectivity index (χ0v) is 10.8. The molecule has 4 nitrogen and oxygen atoms in total. The predicted molar refractivity (Wildman–Crippen MR) is 67.6 cm³/mol.